The Morgan fingerprint density at radius 3 is 3.25 bits per heavy atom. The van der Waals surface area contributed by atoms with Gasteiger partial charge in [0.25, 0.3) is 0 Å². The third-order valence-corrected chi connectivity index (χ3v) is 1.81. The van der Waals surface area contributed by atoms with Gasteiger partial charge < -0.3 is 4.74 Å². The van der Waals surface area contributed by atoms with E-state index >= 15 is 0 Å². The Bertz CT molecular complexity index is 308. The van der Waals surface area contributed by atoms with E-state index in [1.807, 2.05) is 0 Å². The molecule has 0 radical (unpaired) electrons. The monoisotopic (exact) mass is 181 g/mol. The standard InChI is InChI=1S/C8H7NO2S/c1-2-3-5-11-8(10)7-9-4-6-12-7/h4,6H,5H2,1H3. The van der Waals surface area contributed by atoms with Gasteiger partial charge >= 0.3 is 5.97 Å². The lowest BCUT2D eigenvalue weighted by atomic mass is 10.6. The maximum absolute atomic E-state index is 11.0. The molecule has 0 aromatic carbocycles. The molecule has 4 heteroatoms. The molecule has 0 atom stereocenters. The number of carbonyl (C=O) groups is 1. The highest BCUT2D eigenvalue weighted by molar-refractivity contribution is 7.11. The third kappa shape index (κ3) is 2.36. The first-order valence-electron chi connectivity index (χ1n) is 3.31. The summed E-state index contributed by atoms with van der Waals surface area (Å²) in [6.45, 7) is 1.83. The van der Waals surface area contributed by atoms with Crippen molar-refractivity contribution in [2.45, 2.75) is 6.92 Å². The van der Waals surface area contributed by atoms with E-state index in [-0.39, 0.29) is 6.61 Å². The number of hydrogen-bond acceptors (Lipinski definition) is 4. The van der Waals surface area contributed by atoms with E-state index in [2.05, 4.69) is 16.8 Å². The number of thiazole rings is 1. The van der Waals surface area contributed by atoms with Crippen LogP contribution in [0, 0.1) is 11.8 Å². The zero-order valence-electron chi connectivity index (χ0n) is 6.53. The van der Waals surface area contributed by atoms with Crippen molar-refractivity contribution in [2.24, 2.45) is 0 Å². The molecular weight excluding hydrogens is 174 g/mol. The van der Waals surface area contributed by atoms with Crippen molar-refractivity contribution in [1.82, 2.24) is 4.98 Å². The molecule has 62 valence electrons. The summed E-state index contributed by atoms with van der Waals surface area (Å²) in [7, 11) is 0. The second-order valence-electron chi connectivity index (χ2n) is 1.84. The summed E-state index contributed by atoms with van der Waals surface area (Å²) in [5.74, 6) is 4.84. The van der Waals surface area contributed by atoms with Crippen LogP contribution in [0.1, 0.15) is 16.7 Å². The van der Waals surface area contributed by atoms with Crippen LogP contribution in [0.15, 0.2) is 11.6 Å². The molecule has 0 spiro atoms. The summed E-state index contributed by atoms with van der Waals surface area (Å²) >= 11 is 1.26. The van der Waals surface area contributed by atoms with Gasteiger partial charge in [0, 0.05) is 11.6 Å². The van der Waals surface area contributed by atoms with Crippen molar-refractivity contribution in [3.8, 4) is 11.8 Å². The van der Waals surface area contributed by atoms with E-state index in [0.717, 1.165) is 0 Å². The van der Waals surface area contributed by atoms with Gasteiger partial charge in [-0.3, -0.25) is 0 Å². The molecule has 3 nitrogen and oxygen atoms in total. The van der Waals surface area contributed by atoms with Crippen LogP contribution in [-0.4, -0.2) is 17.6 Å². The van der Waals surface area contributed by atoms with Crippen LogP contribution in [0.25, 0.3) is 0 Å². The third-order valence-electron chi connectivity index (χ3n) is 1.06. The molecule has 0 aliphatic carbocycles. The molecule has 1 aromatic heterocycles. The lowest BCUT2D eigenvalue weighted by molar-refractivity contribution is 0.0556. The number of hydrogen-bond donors (Lipinski definition) is 0. The molecule has 0 saturated heterocycles. The molecule has 0 saturated carbocycles. The summed E-state index contributed by atoms with van der Waals surface area (Å²) in [6, 6.07) is 0. The SMILES string of the molecule is CC#CCOC(=O)c1nccs1. The maximum Gasteiger partial charge on any atom is 0.368 e. The predicted octanol–water partition coefficient (Wildman–Crippen LogP) is 1.32. The summed E-state index contributed by atoms with van der Waals surface area (Å²) in [5, 5.41) is 2.09. The van der Waals surface area contributed by atoms with E-state index in [1.54, 1.807) is 18.5 Å². The Morgan fingerprint density at radius 2 is 2.67 bits per heavy atom. The van der Waals surface area contributed by atoms with Gasteiger partial charge in [0.05, 0.1) is 0 Å². The minimum absolute atomic E-state index is 0.134. The molecule has 0 unspecified atom stereocenters. The highest BCUT2D eigenvalue weighted by Gasteiger charge is 2.07. The largest absolute Gasteiger partial charge is 0.447 e. The zero-order valence-corrected chi connectivity index (χ0v) is 7.35. The van der Waals surface area contributed by atoms with Crippen LogP contribution in [-0.2, 0) is 4.74 Å². The van der Waals surface area contributed by atoms with Crippen molar-refractivity contribution in [2.75, 3.05) is 6.61 Å². The first kappa shape index (κ1) is 8.75. The summed E-state index contributed by atoms with van der Waals surface area (Å²) in [4.78, 5) is 14.8. The van der Waals surface area contributed by atoms with E-state index in [0.29, 0.717) is 5.01 Å². The molecule has 0 amide bonds. The van der Waals surface area contributed by atoms with Gasteiger partial charge in [-0.05, 0) is 6.92 Å². The topological polar surface area (TPSA) is 39.2 Å². The number of esters is 1. The Balaban J connectivity index is 2.43. The summed E-state index contributed by atoms with van der Waals surface area (Å²) in [5.41, 5.74) is 0. The number of aromatic nitrogens is 1. The van der Waals surface area contributed by atoms with Crippen LogP contribution in [0.4, 0.5) is 0 Å². The highest BCUT2D eigenvalue weighted by atomic mass is 32.1. The van der Waals surface area contributed by atoms with Gasteiger partial charge in [0.15, 0.2) is 6.61 Å². The number of carbonyl (C=O) groups excluding carboxylic acids is 1. The highest BCUT2D eigenvalue weighted by Crippen LogP contribution is 2.04. The van der Waals surface area contributed by atoms with E-state index in [9.17, 15) is 4.79 Å². The second-order valence-corrected chi connectivity index (χ2v) is 2.73. The van der Waals surface area contributed by atoms with Gasteiger partial charge in [0.1, 0.15) is 0 Å². The Labute approximate surface area is 74.4 Å². The molecule has 0 aliphatic rings. The van der Waals surface area contributed by atoms with E-state index < -0.39 is 5.97 Å². The van der Waals surface area contributed by atoms with E-state index in [1.165, 1.54) is 11.3 Å². The van der Waals surface area contributed by atoms with Crippen molar-refractivity contribution in [1.29, 1.82) is 0 Å². The molecule has 0 fully saturated rings. The fourth-order valence-corrected chi connectivity index (χ4v) is 1.09. The Morgan fingerprint density at radius 1 is 1.83 bits per heavy atom. The lowest BCUT2D eigenvalue weighted by Crippen LogP contribution is -2.04. The second kappa shape index (κ2) is 4.52. The van der Waals surface area contributed by atoms with Gasteiger partial charge in [0.2, 0.25) is 5.01 Å². The van der Waals surface area contributed by atoms with Gasteiger partial charge in [-0.1, -0.05) is 5.92 Å². The maximum atomic E-state index is 11.0. The quantitative estimate of drug-likeness (QED) is 0.510. The smallest absolute Gasteiger partial charge is 0.368 e. The lowest BCUT2D eigenvalue weighted by Gasteiger charge is -1.94. The van der Waals surface area contributed by atoms with Crippen molar-refractivity contribution in [3.05, 3.63) is 16.6 Å². The first-order valence-corrected chi connectivity index (χ1v) is 4.19. The van der Waals surface area contributed by atoms with Crippen LogP contribution >= 0.6 is 11.3 Å². The summed E-state index contributed by atoms with van der Waals surface area (Å²) in [6.07, 6.45) is 1.56. The Hall–Kier alpha value is -1.34. The van der Waals surface area contributed by atoms with Gasteiger partial charge in [-0.2, -0.15) is 0 Å². The normalized spacial score (nSPS) is 8.42. The van der Waals surface area contributed by atoms with Crippen LogP contribution < -0.4 is 0 Å². The van der Waals surface area contributed by atoms with Crippen LogP contribution in [0.5, 0.6) is 0 Å². The van der Waals surface area contributed by atoms with Crippen LogP contribution in [0.2, 0.25) is 0 Å². The van der Waals surface area contributed by atoms with E-state index in [4.69, 9.17) is 4.74 Å². The molecule has 0 N–H and O–H groups in total. The van der Waals surface area contributed by atoms with Crippen molar-refractivity contribution < 1.29 is 9.53 Å². The fraction of sp³-hybridized carbons (Fsp3) is 0.250. The molecule has 12 heavy (non-hydrogen) atoms. The molecule has 1 heterocycles. The van der Waals surface area contributed by atoms with Crippen molar-refractivity contribution in [3.63, 3.8) is 0 Å². The number of ether oxygens (including phenoxy) is 1. The Kier molecular flexibility index (Phi) is 3.30. The van der Waals surface area contributed by atoms with Crippen LogP contribution in [0.3, 0.4) is 0 Å². The molecule has 0 bridgehead atoms. The minimum Gasteiger partial charge on any atom is -0.447 e. The zero-order chi connectivity index (χ0) is 8.81. The molecule has 0 aliphatic heterocycles. The number of nitrogens with zero attached hydrogens (tertiary/aromatic N) is 1. The number of rotatable bonds is 2. The predicted molar refractivity (Wildman–Crippen MR) is 45.8 cm³/mol. The average Bonchev–Trinajstić information content (AvgIpc) is 2.56. The average molecular weight is 181 g/mol. The van der Waals surface area contributed by atoms with Gasteiger partial charge in [-0.25, -0.2) is 9.78 Å². The first-order chi connectivity index (χ1) is 5.84. The summed E-state index contributed by atoms with van der Waals surface area (Å²) < 4.78 is 4.76. The van der Waals surface area contributed by atoms with Crippen molar-refractivity contribution >= 4 is 17.3 Å². The van der Waals surface area contributed by atoms with Gasteiger partial charge in [-0.15, -0.1) is 17.3 Å². The minimum atomic E-state index is -0.409. The fourth-order valence-electron chi connectivity index (χ4n) is 0.560. The molecule has 1 aromatic rings. The molecule has 1 rings (SSSR count). The molecular formula is C8H7NO2S.